The third-order valence-electron chi connectivity index (χ3n) is 6.54. The Hall–Kier alpha value is -3.32. The van der Waals surface area contributed by atoms with Crippen LogP contribution in [0.25, 0.3) is 6.08 Å². The maximum absolute atomic E-state index is 12.6. The predicted molar refractivity (Wildman–Crippen MR) is 147 cm³/mol. The van der Waals surface area contributed by atoms with Crippen molar-refractivity contribution in [1.29, 1.82) is 0 Å². The van der Waals surface area contributed by atoms with Gasteiger partial charge in [0.05, 0.1) is 12.0 Å². The van der Waals surface area contributed by atoms with Crippen molar-refractivity contribution in [1.82, 2.24) is 0 Å². The van der Waals surface area contributed by atoms with Gasteiger partial charge in [-0.15, -0.1) is 0 Å². The number of ether oxygens (including phenoxy) is 3. The normalized spacial score (nSPS) is 17.5. The van der Waals surface area contributed by atoms with Crippen LogP contribution in [0.1, 0.15) is 75.8 Å². The van der Waals surface area contributed by atoms with Crippen LogP contribution in [0.3, 0.4) is 0 Å². The third-order valence-corrected chi connectivity index (χ3v) is 6.54. The maximum atomic E-state index is 12.6. The lowest BCUT2D eigenvalue weighted by Crippen LogP contribution is -2.29. The van der Waals surface area contributed by atoms with E-state index in [2.05, 4.69) is 6.92 Å². The molecule has 0 amide bonds. The minimum atomic E-state index is -0.479. The highest BCUT2D eigenvalue weighted by atomic mass is 16.5. The fraction of sp³-hybridized carbons (Fsp3) is 0.467. The molecular formula is C30H40N2O5. The zero-order valence-corrected chi connectivity index (χ0v) is 21.8. The summed E-state index contributed by atoms with van der Waals surface area (Å²) in [5, 5.41) is 0. The van der Waals surface area contributed by atoms with Crippen LogP contribution in [0.4, 0.5) is 11.4 Å². The topological polar surface area (TPSA) is 114 Å². The van der Waals surface area contributed by atoms with Crippen LogP contribution in [-0.4, -0.2) is 24.6 Å². The van der Waals surface area contributed by atoms with E-state index in [-0.39, 0.29) is 24.6 Å². The summed E-state index contributed by atoms with van der Waals surface area (Å²) in [6, 6.07) is 12.1. The van der Waals surface area contributed by atoms with E-state index in [9.17, 15) is 9.59 Å². The van der Waals surface area contributed by atoms with E-state index in [0.717, 1.165) is 49.8 Å². The standard InChI is InChI=1S/C30H40N2O5/c1-2-3-4-5-6-17-35-27-14-10-24(11-15-27)30(34)37-28-12-7-22(8-13-28)9-16-29(33)36-21-23-18-25(31)20-26(32)19-23/h7-9,12-13,16,18-20,24,27H,2-6,10-11,14-15,17,21,31-32H2,1H3. The molecule has 7 nitrogen and oxygen atoms in total. The first kappa shape index (κ1) is 28.3. The van der Waals surface area contributed by atoms with Crippen molar-refractivity contribution in [3.63, 3.8) is 0 Å². The Balaban J connectivity index is 1.35. The molecule has 0 unspecified atom stereocenters. The number of rotatable bonds is 13. The number of nitrogen functional groups attached to an aromatic ring is 2. The maximum Gasteiger partial charge on any atom is 0.331 e. The van der Waals surface area contributed by atoms with Crippen LogP contribution >= 0.6 is 0 Å². The first-order valence-electron chi connectivity index (χ1n) is 13.4. The molecule has 0 radical (unpaired) electrons. The molecule has 3 rings (SSSR count). The predicted octanol–water partition coefficient (Wildman–Crippen LogP) is 6.06. The summed E-state index contributed by atoms with van der Waals surface area (Å²) in [7, 11) is 0. The van der Waals surface area contributed by atoms with Crippen molar-refractivity contribution < 1.29 is 23.8 Å². The summed E-state index contributed by atoms with van der Waals surface area (Å²) < 4.78 is 16.8. The van der Waals surface area contributed by atoms with Crippen molar-refractivity contribution in [3.8, 4) is 5.75 Å². The minimum absolute atomic E-state index is 0.0837. The molecule has 7 heteroatoms. The van der Waals surface area contributed by atoms with E-state index in [0.29, 0.717) is 17.1 Å². The molecule has 0 aliphatic heterocycles. The van der Waals surface area contributed by atoms with Gasteiger partial charge in [0.1, 0.15) is 12.4 Å². The van der Waals surface area contributed by atoms with Gasteiger partial charge in [0.2, 0.25) is 0 Å². The van der Waals surface area contributed by atoms with E-state index in [1.807, 2.05) is 0 Å². The van der Waals surface area contributed by atoms with E-state index in [4.69, 9.17) is 25.7 Å². The van der Waals surface area contributed by atoms with Crippen molar-refractivity contribution in [2.24, 2.45) is 5.92 Å². The molecule has 2 aromatic rings. The lowest BCUT2D eigenvalue weighted by molar-refractivity contribution is -0.141. The van der Waals surface area contributed by atoms with E-state index < -0.39 is 5.97 Å². The number of carbonyl (C=O) groups is 2. The minimum Gasteiger partial charge on any atom is -0.458 e. The number of esters is 2. The van der Waals surface area contributed by atoms with Crippen LogP contribution in [-0.2, 0) is 25.7 Å². The Morgan fingerprint density at radius 1 is 0.919 bits per heavy atom. The molecule has 1 saturated carbocycles. The number of benzene rings is 2. The second kappa shape index (κ2) is 15.1. The van der Waals surface area contributed by atoms with Gasteiger partial charge in [-0.1, -0.05) is 44.7 Å². The average molecular weight is 509 g/mol. The Morgan fingerprint density at radius 3 is 2.27 bits per heavy atom. The van der Waals surface area contributed by atoms with Crippen molar-refractivity contribution in [3.05, 3.63) is 59.7 Å². The van der Waals surface area contributed by atoms with Crippen LogP contribution in [0.5, 0.6) is 5.75 Å². The molecule has 0 heterocycles. The van der Waals surface area contributed by atoms with Crippen molar-refractivity contribution >= 4 is 29.4 Å². The fourth-order valence-electron chi connectivity index (χ4n) is 4.46. The molecule has 37 heavy (non-hydrogen) atoms. The molecule has 2 aromatic carbocycles. The van der Waals surface area contributed by atoms with Gasteiger partial charge in [-0.3, -0.25) is 4.79 Å². The van der Waals surface area contributed by atoms with Gasteiger partial charge >= 0.3 is 11.9 Å². The molecule has 1 fully saturated rings. The van der Waals surface area contributed by atoms with Crippen LogP contribution < -0.4 is 16.2 Å². The Labute approximate surface area is 220 Å². The second-order valence-electron chi connectivity index (χ2n) is 9.70. The highest BCUT2D eigenvalue weighted by Gasteiger charge is 2.28. The van der Waals surface area contributed by atoms with Crippen LogP contribution in [0.2, 0.25) is 0 Å². The van der Waals surface area contributed by atoms with Gasteiger partial charge in [-0.25, -0.2) is 4.79 Å². The smallest absolute Gasteiger partial charge is 0.331 e. The van der Waals surface area contributed by atoms with E-state index in [1.54, 1.807) is 48.5 Å². The molecule has 0 spiro atoms. The first-order chi connectivity index (χ1) is 17.9. The zero-order valence-electron chi connectivity index (χ0n) is 21.8. The monoisotopic (exact) mass is 508 g/mol. The number of carbonyl (C=O) groups excluding carboxylic acids is 2. The summed E-state index contributed by atoms with van der Waals surface area (Å²) >= 11 is 0. The molecule has 200 valence electrons. The van der Waals surface area contributed by atoms with Gasteiger partial charge in [-0.2, -0.15) is 0 Å². The molecule has 0 atom stereocenters. The van der Waals surface area contributed by atoms with Crippen molar-refractivity contribution in [2.45, 2.75) is 77.4 Å². The summed E-state index contributed by atoms with van der Waals surface area (Å²) in [5.74, 6) is -0.261. The van der Waals surface area contributed by atoms with E-state index in [1.165, 1.54) is 31.8 Å². The second-order valence-corrected chi connectivity index (χ2v) is 9.70. The molecule has 0 saturated heterocycles. The summed E-state index contributed by atoms with van der Waals surface area (Å²) in [6.07, 6.45) is 12.8. The van der Waals surface area contributed by atoms with E-state index >= 15 is 0 Å². The highest BCUT2D eigenvalue weighted by Crippen LogP contribution is 2.28. The third kappa shape index (κ3) is 10.3. The number of nitrogens with two attached hydrogens (primary N) is 2. The largest absolute Gasteiger partial charge is 0.458 e. The first-order valence-corrected chi connectivity index (χ1v) is 13.4. The van der Waals surface area contributed by atoms with Crippen LogP contribution in [0.15, 0.2) is 48.5 Å². The molecule has 0 aromatic heterocycles. The molecule has 4 N–H and O–H groups in total. The van der Waals surface area contributed by atoms with Crippen molar-refractivity contribution in [2.75, 3.05) is 18.1 Å². The van der Waals surface area contributed by atoms with Crippen LogP contribution in [0, 0.1) is 5.92 Å². The summed E-state index contributed by atoms with van der Waals surface area (Å²) in [5.41, 5.74) is 14.1. The molecular weight excluding hydrogens is 468 g/mol. The number of hydrogen-bond donors (Lipinski definition) is 2. The molecule has 1 aliphatic rings. The SMILES string of the molecule is CCCCCCCOC1CCC(C(=O)Oc2ccc(C=CC(=O)OCc3cc(N)cc(N)c3)cc2)CC1. The van der Waals surface area contributed by atoms with Gasteiger partial charge in [0, 0.05) is 24.1 Å². The lowest BCUT2D eigenvalue weighted by atomic mass is 9.87. The Morgan fingerprint density at radius 2 is 1.59 bits per heavy atom. The quantitative estimate of drug-likeness (QED) is 0.111. The molecule has 0 bridgehead atoms. The number of unbranched alkanes of at least 4 members (excludes halogenated alkanes) is 4. The highest BCUT2D eigenvalue weighted by molar-refractivity contribution is 5.87. The van der Waals surface area contributed by atoms with Gasteiger partial charge in [-0.05, 0) is 79.6 Å². The summed E-state index contributed by atoms with van der Waals surface area (Å²) in [4.78, 5) is 24.6. The number of anilines is 2. The number of hydrogen-bond acceptors (Lipinski definition) is 7. The lowest BCUT2D eigenvalue weighted by Gasteiger charge is -2.27. The Kier molecular flexibility index (Phi) is 11.5. The zero-order chi connectivity index (χ0) is 26.5. The van der Waals surface area contributed by atoms with Gasteiger partial charge in [0.15, 0.2) is 0 Å². The Bertz CT molecular complexity index is 1010. The van der Waals surface area contributed by atoms with Gasteiger partial charge < -0.3 is 25.7 Å². The summed E-state index contributed by atoms with van der Waals surface area (Å²) in [6.45, 7) is 3.12. The molecule has 1 aliphatic carbocycles. The fourth-order valence-corrected chi connectivity index (χ4v) is 4.46. The average Bonchev–Trinajstić information content (AvgIpc) is 2.89. The van der Waals surface area contributed by atoms with Gasteiger partial charge in [0.25, 0.3) is 0 Å².